The van der Waals surface area contributed by atoms with Crippen LogP contribution in [0.15, 0.2) is 46.3 Å². The highest BCUT2D eigenvalue weighted by atomic mass is 79.9. The molecule has 0 unspecified atom stereocenters. The highest BCUT2D eigenvalue weighted by Gasteiger charge is 2.09. The Kier molecular flexibility index (Phi) is 4.53. The molecular weight excluding hydrogens is 376 g/mol. The van der Waals surface area contributed by atoms with Gasteiger partial charge in [0.25, 0.3) is 0 Å². The highest BCUT2D eigenvalue weighted by molar-refractivity contribution is 9.10. The van der Waals surface area contributed by atoms with Crippen molar-refractivity contribution in [2.45, 2.75) is 6.92 Å². The van der Waals surface area contributed by atoms with Crippen LogP contribution in [0.25, 0.3) is 22.9 Å². The summed E-state index contributed by atoms with van der Waals surface area (Å²) >= 11 is 6.60. The molecule has 0 radical (unpaired) electrons. The first kappa shape index (κ1) is 15.2. The Labute approximate surface area is 145 Å². The van der Waals surface area contributed by atoms with Crippen molar-refractivity contribution in [3.05, 3.63) is 61.0 Å². The molecule has 2 nitrogen and oxygen atoms in total. The molecule has 0 saturated heterocycles. The Morgan fingerprint density at radius 1 is 1.23 bits per heavy atom. The number of nitrogens with zero attached hydrogens (tertiary/aromatic N) is 2. The van der Waals surface area contributed by atoms with Crippen LogP contribution in [-0.4, -0.2) is 4.98 Å². The first-order valence-electron chi connectivity index (χ1n) is 6.56. The van der Waals surface area contributed by atoms with E-state index in [9.17, 15) is 5.26 Å². The van der Waals surface area contributed by atoms with Crippen molar-refractivity contribution >= 4 is 50.3 Å². The Bertz CT molecular complexity index is 867. The third kappa shape index (κ3) is 3.36. The van der Waals surface area contributed by atoms with Gasteiger partial charge in [0.2, 0.25) is 0 Å². The van der Waals surface area contributed by atoms with Gasteiger partial charge in [0.1, 0.15) is 11.1 Å². The van der Waals surface area contributed by atoms with E-state index in [-0.39, 0.29) is 0 Å². The predicted octanol–water partition coefficient (Wildman–Crippen LogP) is 6.01. The minimum Gasteiger partial charge on any atom is -0.235 e. The number of nitriles is 1. The van der Waals surface area contributed by atoms with Crippen LogP contribution in [0.5, 0.6) is 0 Å². The van der Waals surface area contributed by atoms with Crippen molar-refractivity contribution in [2.75, 3.05) is 0 Å². The minimum absolute atomic E-state index is 0.607. The van der Waals surface area contributed by atoms with Gasteiger partial charge in [-0.25, -0.2) is 4.98 Å². The highest BCUT2D eigenvalue weighted by Crippen LogP contribution is 2.29. The van der Waals surface area contributed by atoms with Crippen LogP contribution < -0.4 is 0 Å². The second-order valence-electron chi connectivity index (χ2n) is 4.66. The average molecular weight is 387 g/mol. The molecule has 0 aliphatic heterocycles. The molecule has 0 fully saturated rings. The number of benzene rings is 1. The number of rotatable bonds is 3. The van der Waals surface area contributed by atoms with E-state index in [0.29, 0.717) is 5.57 Å². The molecule has 3 rings (SSSR count). The van der Waals surface area contributed by atoms with E-state index in [1.54, 1.807) is 11.3 Å². The summed E-state index contributed by atoms with van der Waals surface area (Å²) in [5, 5.41) is 12.2. The Balaban J connectivity index is 1.93. The smallest absolute Gasteiger partial charge is 0.134 e. The first-order chi connectivity index (χ1) is 10.7. The summed E-state index contributed by atoms with van der Waals surface area (Å²) in [6, 6.07) is 14.4. The Hall–Kier alpha value is -1.74. The Morgan fingerprint density at radius 3 is 2.64 bits per heavy atom. The van der Waals surface area contributed by atoms with Crippen LogP contribution >= 0.6 is 38.6 Å². The molecule has 0 amide bonds. The van der Waals surface area contributed by atoms with E-state index in [0.717, 1.165) is 25.6 Å². The average Bonchev–Trinajstić information content (AvgIpc) is 3.15. The number of hydrogen-bond donors (Lipinski definition) is 0. The fraction of sp³-hybridized carbons (Fsp3) is 0.0588. The van der Waals surface area contributed by atoms with Gasteiger partial charge in [0.05, 0.1) is 11.3 Å². The normalized spacial score (nSPS) is 11.4. The van der Waals surface area contributed by atoms with Gasteiger partial charge >= 0.3 is 0 Å². The van der Waals surface area contributed by atoms with Gasteiger partial charge in [-0.3, -0.25) is 0 Å². The monoisotopic (exact) mass is 386 g/mol. The predicted molar refractivity (Wildman–Crippen MR) is 97.8 cm³/mol. The van der Waals surface area contributed by atoms with Gasteiger partial charge in [-0.15, -0.1) is 22.7 Å². The zero-order chi connectivity index (χ0) is 15.5. The number of hydrogen-bond acceptors (Lipinski definition) is 4. The van der Waals surface area contributed by atoms with Crippen LogP contribution in [0.2, 0.25) is 0 Å². The van der Waals surface area contributed by atoms with E-state index >= 15 is 0 Å². The molecule has 0 aliphatic rings. The lowest BCUT2D eigenvalue weighted by Gasteiger charge is -1.96. The maximum absolute atomic E-state index is 9.41. The van der Waals surface area contributed by atoms with Crippen molar-refractivity contribution < 1.29 is 0 Å². The molecule has 2 aromatic heterocycles. The van der Waals surface area contributed by atoms with E-state index in [2.05, 4.69) is 40.0 Å². The molecule has 108 valence electrons. The molecule has 2 heterocycles. The zero-order valence-electron chi connectivity index (χ0n) is 11.7. The maximum atomic E-state index is 9.41. The lowest BCUT2D eigenvalue weighted by atomic mass is 10.2. The van der Waals surface area contributed by atoms with Gasteiger partial charge < -0.3 is 0 Å². The van der Waals surface area contributed by atoms with Crippen LogP contribution in [0, 0.1) is 18.3 Å². The van der Waals surface area contributed by atoms with E-state index < -0.39 is 0 Å². The molecular formula is C17H11BrN2S2. The third-order valence-corrected chi connectivity index (χ3v) is 5.39. The van der Waals surface area contributed by atoms with E-state index in [4.69, 9.17) is 0 Å². The molecule has 5 heteroatoms. The van der Waals surface area contributed by atoms with Gasteiger partial charge in [-0.2, -0.15) is 5.26 Å². The van der Waals surface area contributed by atoms with E-state index in [1.807, 2.05) is 41.8 Å². The van der Waals surface area contributed by atoms with Crippen LogP contribution in [0.1, 0.15) is 14.8 Å². The largest absolute Gasteiger partial charge is 0.235 e. The van der Waals surface area contributed by atoms with Crippen LogP contribution in [-0.2, 0) is 0 Å². The molecule has 3 aromatic rings. The van der Waals surface area contributed by atoms with Gasteiger partial charge in [-0.1, -0.05) is 28.1 Å². The third-order valence-electron chi connectivity index (χ3n) is 3.04. The van der Waals surface area contributed by atoms with Gasteiger partial charge in [-0.05, 0) is 37.3 Å². The van der Waals surface area contributed by atoms with Crippen LogP contribution in [0.3, 0.4) is 0 Å². The molecule has 1 aromatic carbocycles. The summed E-state index contributed by atoms with van der Waals surface area (Å²) in [4.78, 5) is 6.91. The summed E-state index contributed by atoms with van der Waals surface area (Å²) in [5.74, 6) is 0. The quantitative estimate of drug-likeness (QED) is 0.517. The summed E-state index contributed by atoms with van der Waals surface area (Å²) in [6.45, 7) is 2.06. The lowest BCUT2D eigenvalue weighted by Crippen LogP contribution is -1.82. The standard InChI is InChI=1S/C17H11BrN2S2/c1-11-2-7-15(22-11)8-13(9-19)17-20-16(10-21-17)12-3-5-14(18)6-4-12/h2-8,10H,1H3/b13-8-. The van der Waals surface area contributed by atoms with Crippen molar-refractivity contribution in [1.29, 1.82) is 5.26 Å². The number of allylic oxidation sites excluding steroid dienone is 1. The molecule has 0 N–H and O–H groups in total. The molecule has 22 heavy (non-hydrogen) atoms. The molecule has 0 spiro atoms. The lowest BCUT2D eigenvalue weighted by molar-refractivity contribution is 1.37. The van der Waals surface area contributed by atoms with Crippen molar-refractivity contribution in [3.63, 3.8) is 0 Å². The number of aromatic nitrogens is 1. The summed E-state index contributed by atoms with van der Waals surface area (Å²) in [7, 11) is 0. The summed E-state index contributed by atoms with van der Waals surface area (Å²) in [5.41, 5.74) is 2.56. The SMILES string of the molecule is Cc1ccc(/C=C(/C#N)c2nc(-c3ccc(Br)cc3)cs2)s1. The number of thiophene rings is 1. The molecule has 0 saturated carbocycles. The fourth-order valence-electron chi connectivity index (χ4n) is 1.97. The maximum Gasteiger partial charge on any atom is 0.134 e. The zero-order valence-corrected chi connectivity index (χ0v) is 14.9. The minimum atomic E-state index is 0.607. The first-order valence-corrected chi connectivity index (χ1v) is 9.05. The molecule has 0 aliphatic carbocycles. The van der Waals surface area contributed by atoms with Gasteiger partial charge in [0, 0.05) is 25.2 Å². The Morgan fingerprint density at radius 2 is 2.00 bits per heavy atom. The van der Waals surface area contributed by atoms with Crippen molar-refractivity contribution in [1.82, 2.24) is 4.98 Å². The number of halogens is 1. The molecule has 0 bridgehead atoms. The number of thiazole rings is 1. The van der Waals surface area contributed by atoms with E-state index in [1.165, 1.54) is 16.2 Å². The summed E-state index contributed by atoms with van der Waals surface area (Å²) in [6.07, 6.45) is 1.90. The second-order valence-corrected chi connectivity index (χ2v) is 7.76. The van der Waals surface area contributed by atoms with Crippen molar-refractivity contribution in [3.8, 4) is 17.3 Å². The van der Waals surface area contributed by atoms with Crippen LogP contribution in [0.4, 0.5) is 0 Å². The van der Waals surface area contributed by atoms with Gasteiger partial charge in [0.15, 0.2) is 0 Å². The fourth-order valence-corrected chi connectivity index (χ4v) is 3.85. The topological polar surface area (TPSA) is 36.7 Å². The second kappa shape index (κ2) is 6.57. The van der Waals surface area contributed by atoms with Crippen molar-refractivity contribution in [2.24, 2.45) is 0 Å². The molecule has 0 atom stereocenters. The number of aryl methyl sites for hydroxylation is 1. The summed E-state index contributed by atoms with van der Waals surface area (Å²) < 4.78 is 1.04.